The standard InChI is InChI=1S/C26H20F3N5OS2/c27-26(28,29)18-4-1-3-16(13-18)10-11-34-15-21(32-33-34)23-8-9-24(37-23)25(35)31-20-14-17(6-7-19(20)30)22-5-2-12-36-22/h1-9,12-15H,10-11,30H2,(H,31,35). The molecule has 6 nitrogen and oxygen atoms in total. The highest BCUT2D eigenvalue weighted by molar-refractivity contribution is 7.17. The molecule has 3 heterocycles. The fourth-order valence-electron chi connectivity index (χ4n) is 3.71. The van der Waals surface area contributed by atoms with Crippen molar-refractivity contribution in [3.8, 4) is 21.0 Å². The molecular formula is C26H20F3N5OS2. The lowest BCUT2D eigenvalue weighted by molar-refractivity contribution is -0.137. The molecule has 37 heavy (non-hydrogen) atoms. The monoisotopic (exact) mass is 539 g/mol. The summed E-state index contributed by atoms with van der Waals surface area (Å²) in [4.78, 5) is 15.2. The Kier molecular flexibility index (Phi) is 6.81. The molecule has 3 aromatic heterocycles. The molecule has 0 aliphatic heterocycles. The second-order valence-corrected chi connectivity index (χ2v) is 10.2. The summed E-state index contributed by atoms with van der Waals surface area (Å²) in [6.45, 7) is 0.368. The maximum Gasteiger partial charge on any atom is 0.416 e. The Labute approximate surface area is 218 Å². The highest BCUT2D eigenvalue weighted by Gasteiger charge is 2.30. The van der Waals surface area contributed by atoms with Gasteiger partial charge in [-0.05, 0) is 59.3 Å². The van der Waals surface area contributed by atoms with Crippen molar-refractivity contribution in [1.82, 2.24) is 15.0 Å². The Morgan fingerprint density at radius 3 is 2.68 bits per heavy atom. The number of aromatic nitrogens is 3. The fourth-order valence-corrected chi connectivity index (χ4v) is 5.28. The van der Waals surface area contributed by atoms with E-state index in [1.165, 1.54) is 17.4 Å². The number of amides is 1. The van der Waals surface area contributed by atoms with E-state index in [4.69, 9.17) is 5.73 Å². The number of hydrogen-bond donors (Lipinski definition) is 2. The molecule has 188 valence electrons. The van der Waals surface area contributed by atoms with Crippen molar-refractivity contribution in [2.24, 2.45) is 0 Å². The zero-order valence-electron chi connectivity index (χ0n) is 19.2. The smallest absolute Gasteiger partial charge is 0.397 e. The average molecular weight is 540 g/mol. The number of anilines is 2. The van der Waals surface area contributed by atoms with Gasteiger partial charge in [0.1, 0.15) is 5.69 Å². The number of alkyl halides is 3. The number of nitrogens with two attached hydrogens (primary N) is 1. The van der Waals surface area contributed by atoms with Crippen LogP contribution in [0.25, 0.3) is 21.0 Å². The molecule has 0 atom stereocenters. The molecule has 5 rings (SSSR count). The summed E-state index contributed by atoms with van der Waals surface area (Å²) >= 11 is 2.86. The zero-order valence-corrected chi connectivity index (χ0v) is 20.8. The summed E-state index contributed by atoms with van der Waals surface area (Å²) in [6.07, 6.45) is -2.29. The van der Waals surface area contributed by atoms with Gasteiger partial charge in [0, 0.05) is 11.4 Å². The minimum Gasteiger partial charge on any atom is -0.397 e. The van der Waals surface area contributed by atoms with E-state index in [1.54, 1.807) is 46.5 Å². The van der Waals surface area contributed by atoms with Gasteiger partial charge in [-0.25, -0.2) is 0 Å². The Hall–Kier alpha value is -3.96. The third kappa shape index (κ3) is 5.73. The molecule has 0 saturated heterocycles. The average Bonchev–Trinajstić information content (AvgIpc) is 3.65. The predicted molar refractivity (Wildman–Crippen MR) is 141 cm³/mol. The molecular weight excluding hydrogens is 519 g/mol. The SMILES string of the molecule is Nc1ccc(-c2cccs2)cc1NC(=O)c1ccc(-c2cn(CCc3cccc(C(F)(F)F)c3)nn2)s1. The summed E-state index contributed by atoms with van der Waals surface area (Å²) in [7, 11) is 0. The fraction of sp³-hybridized carbons (Fsp3) is 0.115. The molecule has 1 amide bonds. The molecule has 0 spiro atoms. The first kappa shape index (κ1) is 24.7. The number of halogens is 3. The summed E-state index contributed by atoms with van der Waals surface area (Å²) in [6, 6.07) is 18.2. The van der Waals surface area contributed by atoms with E-state index in [0.29, 0.717) is 40.5 Å². The van der Waals surface area contributed by atoms with Crippen LogP contribution in [0.3, 0.4) is 0 Å². The Morgan fingerprint density at radius 2 is 1.89 bits per heavy atom. The summed E-state index contributed by atoms with van der Waals surface area (Å²) in [5, 5.41) is 13.1. The highest BCUT2D eigenvalue weighted by atomic mass is 32.1. The lowest BCUT2D eigenvalue weighted by atomic mass is 10.1. The Bertz CT molecular complexity index is 1540. The van der Waals surface area contributed by atoms with Crippen molar-refractivity contribution in [2.45, 2.75) is 19.1 Å². The molecule has 2 aromatic carbocycles. The van der Waals surface area contributed by atoms with Crippen LogP contribution in [0.4, 0.5) is 24.5 Å². The van der Waals surface area contributed by atoms with Gasteiger partial charge in [-0.3, -0.25) is 9.48 Å². The van der Waals surface area contributed by atoms with Crippen molar-refractivity contribution in [2.75, 3.05) is 11.1 Å². The molecule has 0 aliphatic carbocycles. The van der Waals surface area contributed by atoms with Gasteiger partial charge in [0.25, 0.3) is 5.91 Å². The van der Waals surface area contributed by atoms with Gasteiger partial charge in [0.15, 0.2) is 0 Å². The number of nitrogens with zero attached hydrogens (tertiary/aromatic N) is 3. The van der Waals surface area contributed by atoms with Gasteiger partial charge in [0.2, 0.25) is 0 Å². The quantitative estimate of drug-likeness (QED) is 0.222. The molecule has 0 radical (unpaired) electrons. The third-order valence-electron chi connectivity index (χ3n) is 5.61. The van der Waals surface area contributed by atoms with Gasteiger partial charge in [0.05, 0.1) is 32.9 Å². The number of aryl methyl sites for hydroxylation is 2. The maximum atomic E-state index is 12.9. The van der Waals surface area contributed by atoms with Gasteiger partial charge in [-0.15, -0.1) is 27.8 Å². The van der Waals surface area contributed by atoms with Crippen LogP contribution in [0, 0.1) is 0 Å². The van der Waals surface area contributed by atoms with E-state index >= 15 is 0 Å². The largest absolute Gasteiger partial charge is 0.416 e. The van der Waals surface area contributed by atoms with Crippen LogP contribution in [0.15, 0.2) is 78.3 Å². The molecule has 5 aromatic rings. The zero-order chi connectivity index (χ0) is 26.0. The van der Waals surface area contributed by atoms with E-state index < -0.39 is 11.7 Å². The molecule has 3 N–H and O–H groups in total. The van der Waals surface area contributed by atoms with Crippen molar-refractivity contribution in [3.05, 3.63) is 94.3 Å². The number of thiophene rings is 2. The minimum atomic E-state index is -4.38. The van der Waals surface area contributed by atoms with E-state index in [-0.39, 0.29) is 5.91 Å². The second kappa shape index (κ2) is 10.2. The number of rotatable bonds is 7. The Morgan fingerprint density at radius 1 is 1.03 bits per heavy atom. The van der Waals surface area contributed by atoms with E-state index in [2.05, 4.69) is 15.6 Å². The molecule has 0 saturated carbocycles. The summed E-state index contributed by atoms with van der Waals surface area (Å²) < 4.78 is 40.4. The second-order valence-electron chi connectivity index (χ2n) is 8.21. The van der Waals surface area contributed by atoms with Crippen LogP contribution < -0.4 is 11.1 Å². The molecule has 11 heteroatoms. The number of nitrogen functional groups attached to an aromatic ring is 1. The van der Waals surface area contributed by atoms with Crippen LogP contribution in [0.1, 0.15) is 20.8 Å². The van der Waals surface area contributed by atoms with Crippen LogP contribution >= 0.6 is 22.7 Å². The van der Waals surface area contributed by atoms with Gasteiger partial charge >= 0.3 is 6.18 Å². The number of carbonyl (C=O) groups is 1. The van der Waals surface area contributed by atoms with Gasteiger partial charge < -0.3 is 11.1 Å². The van der Waals surface area contributed by atoms with Crippen LogP contribution in [0.2, 0.25) is 0 Å². The highest BCUT2D eigenvalue weighted by Crippen LogP contribution is 2.32. The first-order chi connectivity index (χ1) is 17.8. The summed E-state index contributed by atoms with van der Waals surface area (Å²) in [5.41, 5.74) is 8.51. The van der Waals surface area contributed by atoms with Crippen molar-refractivity contribution < 1.29 is 18.0 Å². The third-order valence-corrected chi connectivity index (χ3v) is 7.64. The predicted octanol–water partition coefficient (Wildman–Crippen LogP) is 6.83. The number of hydrogen-bond acceptors (Lipinski definition) is 6. The van der Waals surface area contributed by atoms with Crippen molar-refractivity contribution in [3.63, 3.8) is 0 Å². The number of nitrogens with one attached hydrogen (secondary N) is 1. The molecule has 0 fully saturated rings. The van der Waals surface area contributed by atoms with Crippen molar-refractivity contribution in [1.29, 1.82) is 0 Å². The van der Waals surface area contributed by atoms with E-state index in [9.17, 15) is 18.0 Å². The topological polar surface area (TPSA) is 85.8 Å². The van der Waals surface area contributed by atoms with Crippen molar-refractivity contribution >= 4 is 40.0 Å². The van der Waals surface area contributed by atoms with E-state index in [0.717, 1.165) is 27.5 Å². The summed E-state index contributed by atoms with van der Waals surface area (Å²) in [5.74, 6) is -0.289. The van der Waals surface area contributed by atoms with E-state index in [1.807, 2.05) is 29.6 Å². The maximum absolute atomic E-state index is 12.9. The number of benzene rings is 2. The van der Waals surface area contributed by atoms with Crippen LogP contribution in [0.5, 0.6) is 0 Å². The lowest BCUT2D eigenvalue weighted by Gasteiger charge is -2.09. The first-order valence-corrected chi connectivity index (χ1v) is 12.9. The lowest BCUT2D eigenvalue weighted by Crippen LogP contribution is -2.11. The first-order valence-electron chi connectivity index (χ1n) is 11.2. The Balaban J connectivity index is 1.24. The molecule has 0 aliphatic rings. The van der Waals surface area contributed by atoms with Gasteiger partial charge in [-0.2, -0.15) is 13.2 Å². The van der Waals surface area contributed by atoms with Gasteiger partial charge in [-0.1, -0.05) is 35.5 Å². The molecule has 0 unspecified atom stereocenters. The normalized spacial score (nSPS) is 11.5. The van der Waals surface area contributed by atoms with Crippen LogP contribution in [-0.4, -0.2) is 20.9 Å². The van der Waals surface area contributed by atoms with Crippen LogP contribution in [-0.2, 0) is 19.1 Å². The molecule has 0 bridgehead atoms. The number of carbonyl (C=O) groups excluding carboxylic acids is 1. The minimum absolute atomic E-state index is 0.289.